The van der Waals surface area contributed by atoms with Crippen molar-refractivity contribution in [3.05, 3.63) is 35.4 Å². The summed E-state index contributed by atoms with van der Waals surface area (Å²) in [6, 6.07) is 10.3. The summed E-state index contributed by atoms with van der Waals surface area (Å²) in [4.78, 5) is 2.50. The fraction of sp³-hybridized carbons (Fsp3) is 0.625. The molecule has 0 heterocycles. The molecule has 100 valence electrons. The van der Waals surface area contributed by atoms with E-state index in [0.717, 1.165) is 19.1 Å². The third-order valence-electron chi connectivity index (χ3n) is 3.84. The molecule has 2 nitrogen and oxygen atoms in total. The van der Waals surface area contributed by atoms with Gasteiger partial charge >= 0.3 is 0 Å². The van der Waals surface area contributed by atoms with Gasteiger partial charge < -0.3 is 5.32 Å². The minimum absolute atomic E-state index is 0.548. The zero-order valence-electron chi connectivity index (χ0n) is 11.9. The van der Waals surface area contributed by atoms with Crippen LogP contribution in [0.5, 0.6) is 0 Å². The monoisotopic (exact) mass is 246 g/mol. The molecule has 0 saturated heterocycles. The molecule has 0 bridgehead atoms. The lowest BCUT2D eigenvalue weighted by atomic mass is 9.91. The van der Waals surface area contributed by atoms with Gasteiger partial charge in [0.25, 0.3) is 0 Å². The van der Waals surface area contributed by atoms with Crippen LogP contribution in [-0.4, -0.2) is 24.0 Å². The summed E-state index contributed by atoms with van der Waals surface area (Å²) in [5.74, 6) is 0. The molecule has 1 saturated carbocycles. The quantitative estimate of drug-likeness (QED) is 0.829. The molecule has 2 rings (SSSR count). The van der Waals surface area contributed by atoms with Gasteiger partial charge in [-0.1, -0.05) is 44.5 Å². The lowest BCUT2D eigenvalue weighted by molar-refractivity contribution is 0.152. The molecule has 0 amide bonds. The van der Waals surface area contributed by atoms with Crippen molar-refractivity contribution >= 4 is 0 Å². The van der Waals surface area contributed by atoms with Crippen molar-refractivity contribution in [2.24, 2.45) is 0 Å². The van der Waals surface area contributed by atoms with E-state index in [1.54, 1.807) is 0 Å². The van der Waals surface area contributed by atoms with Gasteiger partial charge in [0.05, 0.1) is 0 Å². The smallest absolute Gasteiger partial charge is 0.0233 e. The van der Waals surface area contributed by atoms with E-state index in [0.29, 0.717) is 6.04 Å². The van der Waals surface area contributed by atoms with Gasteiger partial charge in [0, 0.05) is 25.2 Å². The van der Waals surface area contributed by atoms with E-state index in [9.17, 15) is 0 Å². The Morgan fingerprint density at radius 3 is 2.61 bits per heavy atom. The third-order valence-corrected chi connectivity index (χ3v) is 3.84. The molecule has 1 aromatic carbocycles. The zero-order valence-corrected chi connectivity index (χ0v) is 11.9. The van der Waals surface area contributed by atoms with Gasteiger partial charge in [0.15, 0.2) is 0 Å². The number of hydrogen-bond acceptors (Lipinski definition) is 2. The van der Waals surface area contributed by atoms with Gasteiger partial charge in [-0.3, -0.25) is 4.90 Å². The highest BCUT2D eigenvalue weighted by Gasteiger charge is 2.21. The third kappa shape index (κ3) is 3.82. The molecule has 1 aromatic rings. The van der Waals surface area contributed by atoms with Gasteiger partial charge in [-0.2, -0.15) is 0 Å². The molecule has 2 heteroatoms. The highest BCUT2D eigenvalue weighted by atomic mass is 15.1. The molecule has 0 aliphatic heterocycles. The standard InChI is InChI=1S/C16H26N2/c1-13(2)17-11-14-6-4-7-15(10-14)12-18(3)16-8-5-9-16/h4,6-7,10,13,16-17H,5,8-9,11-12H2,1-3H3. The molecule has 0 aromatic heterocycles. The van der Waals surface area contributed by atoms with Gasteiger partial charge in [0.2, 0.25) is 0 Å². The van der Waals surface area contributed by atoms with E-state index in [4.69, 9.17) is 0 Å². The first kappa shape index (κ1) is 13.6. The summed E-state index contributed by atoms with van der Waals surface area (Å²) >= 11 is 0. The van der Waals surface area contributed by atoms with Crippen LogP contribution in [0.4, 0.5) is 0 Å². The fourth-order valence-corrected chi connectivity index (χ4v) is 2.40. The van der Waals surface area contributed by atoms with E-state index in [-0.39, 0.29) is 0 Å². The van der Waals surface area contributed by atoms with Crippen LogP contribution in [0, 0.1) is 0 Å². The summed E-state index contributed by atoms with van der Waals surface area (Å²) in [5, 5.41) is 3.47. The predicted octanol–water partition coefficient (Wildman–Crippen LogP) is 3.17. The van der Waals surface area contributed by atoms with Crippen LogP contribution in [0.25, 0.3) is 0 Å². The molecule has 1 fully saturated rings. The maximum Gasteiger partial charge on any atom is 0.0233 e. The number of hydrogen-bond donors (Lipinski definition) is 1. The number of rotatable bonds is 6. The molecule has 1 aliphatic carbocycles. The first-order chi connectivity index (χ1) is 8.65. The van der Waals surface area contributed by atoms with Crippen LogP contribution in [0.2, 0.25) is 0 Å². The van der Waals surface area contributed by atoms with Crippen LogP contribution >= 0.6 is 0 Å². The van der Waals surface area contributed by atoms with Crippen LogP contribution in [0.3, 0.4) is 0 Å². The maximum atomic E-state index is 3.47. The Bertz CT molecular complexity index is 369. The molecule has 1 N–H and O–H groups in total. The van der Waals surface area contributed by atoms with Crippen LogP contribution in [-0.2, 0) is 13.1 Å². The molecular formula is C16H26N2. The van der Waals surface area contributed by atoms with Crippen molar-refractivity contribution in [3.63, 3.8) is 0 Å². The Hall–Kier alpha value is -0.860. The SMILES string of the molecule is CC(C)NCc1cccc(CN(C)C2CCC2)c1. The van der Waals surface area contributed by atoms with Gasteiger partial charge in [-0.15, -0.1) is 0 Å². The van der Waals surface area contributed by atoms with E-state index >= 15 is 0 Å². The number of benzene rings is 1. The van der Waals surface area contributed by atoms with Crippen molar-refractivity contribution < 1.29 is 0 Å². The van der Waals surface area contributed by atoms with Crippen molar-refractivity contribution in [3.8, 4) is 0 Å². The largest absolute Gasteiger partial charge is 0.310 e. The summed E-state index contributed by atoms with van der Waals surface area (Å²) in [5.41, 5.74) is 2.83. The first-order valence-electron chi connectivity index (χ1n) is 7.16. The van der Waals surface area contributed by atoms with Crippen LogP contribution in [0.15, 0.2) is 24.3 Å². The summed E-state index contributed by atoms with van der Waals surface area (Å²) in [6.07, 6.45) is 4.17. The van der Waals surface area contributed by atoms with E-state index < -0.39 is 0 Å². The second-order valence-electron chi connectivity index (χ2n) is 5.86. The molecular weight excluding hydrogens is 220 g/mol. The Morgan fingerprint density at radius 1 is 1.28 bits per heavy atom. The number of nitrogens with one attached hydrogen (secondary N) is 1. The molecule has 18 heavy (non-hydrogen) atoms. The van der Waals surface area contributed by atoms with Crippen LogP contribution < -0.4 is 5.32 Å². The minimum Gasteiger partial charge on any atom is -0.310 e. The fourth-order valence-electron chi connectivity index (χ4n) is 2.40. The Balaban J connectivity index is 1.89. The summed E-state index contributed by atoms with van der Waals surface area (Å²) in [7, 11) is 2.25. The summed E-state index contributed by atoms with van der Waals surface area (Å²) < 4.78 is 0. The minimum atomic E-state index is 0.548. The van der Waals surface area contributed by atoms with Gasteiger partial charge in [-0.05, 0) is 31.0 Å². The molecule has 0 radical (unpaired) electrons. The van der Waals surface area contributed by atoms with Crippen LogP contribution in [0.1, 0.15) is 44.2 Å². The topological polar surface area (TPSA) is 15.3 Å². The summed E-state index contributed by atoms with van der Waals surface area (Å²) in [6.45, 7) is 6.43. The highest BCUT2D eigenvalue weighted by Crippen LogP contribution is 2.24. The zero-order chi connectivity index (χ0) is 13.0. The predicted molar refractivity (Wildman–Crippen MR) is 77.5 cm³/mol. The van der Waals surface area contributed by atoms with Crippen molar-refractivity contribution in [2.45, 2.75) is 58.3 Å². The average Bonchev–Trinajstić information content (AvgIpc) is 2.24. The van der Waals surface area contributed by atoms with E-state index in [1.807, 2.05) is 0 Å². The first-order valence-corrected chi connectivity index (χ1v) is 7.16. The second kappa shape index (κ2) is 6.35. The highest BCUT2D eigenvalue weighted by molar-refractivity contribution is 5.23. The molecule has 1 aliphatic rings. The Morgan fingerprint density at radius 2 is 2.00 bits per heavy atom. The van der Waals surface area contributed by atoms with Gasteiger partial charge in [-0.25, -0.2) is 0 Å². The average molecular weight is 246 g/mol. The van der Waals surface area contributed by atoms with Crippen molar-refractivity contribution in [1.82, 2.24) is 10.2 Å². The van der Waals surface area contributed by atoms with E-state index in [1.165, 1.54) is 30.4 Å². The maximum absolute atomic E-state index is 3.47. The normalized spacial score (nSPS) is 16.3. The van der Waals surface area contributed by atoms with Gasteiger partial charge in [0.1, 0.15) is 0 Å². The van der Waals surface area contributed by atoms with E-state index in [2.05, 4.69) is 55.4 Å². The Kier molecular flexibility index (Phi) is 4.79. The molecule has 0 atom stereocenters. The second-order valence-corrected chi connectivity index (χ2v) is 5.86. The van der Waals surface area contributed by atoms with Crippen molar-refractivity contribution in [2.75, 3.05) is 7.05 Å². The number of nitrogens with zero attached hydrogens (tertiary/aromatic N) is 1. The molecule has 0 unspecified atom stereocenters. The molecule has 0 spiro atoms. The lowest BCUT2D eigenvalue weighted by Crippen LogP contribution is -2.36. The lowest BCUT2D eigenvalue weighted by Gasteiger charge is -2.34. The van der Waals surface area contributed by atoms with Crippen molar-refractivity contribution in [1.29, 1.82) is 0 Å². The Labute approximate surface area is 111 Å².